The predicted molar refractivity (Wildman–Crippen MR) is 81.4 cm³/mol. The van der Waals surface area contributed by atoms with Crippen molar-refractivity contribution in [3.63, 3.8) is 0 Å². The summed E-state index contributed by atoms with van der Waals surface area (Å²) in [5, 5.41) is 14.0. The SMILES string of the molecule is Cc1nc(-c2ccc(N3CCC(O)(C(F)(F)F)CC3)nc2)nn1C. The van der Waals surface area contributed by atoms with Crippen molar-refractivity contribution in [1.82, 2.24) is 19.7 Å². The Morgan fingerprint density at radius 1 is 1.21 bits per heavy atom. The second-order valence-electron chi connectivity index (χ2n) is 6.03. The van der Waals surface area contributed by atoms with Gasteiger partial charge in [-0.05, 0) is 19.1 Å². The van der Waals surface area contributed by atoms with Gasteiger partial charge in [-0.2, -0.15) is 18.3 Å². The fourth-order valence-electron chi connectivity index (χ4n) is 2.68. The van der Waals surface area contributed by atoms with Gasteiger partial charge >= 0.3 is 6.18 Å². The van der Waals surface area contributed by atoms with Crippen molar-refractivity contribution in [2.45, 2.75) is 31.5 Å². The molecule has 0 aliphatic carbocycles. The molecular formula is C15H18F3N5O. The fraction of sp³-hybridized carbons (Fsp3) is 0.533. The summed E-state index contributed by atoms with van der Waals surface area (Å²) in [4.78, 5) is 10.3. The summed E-state index contributed by atoms with van der Waals surface area (Å²) >= 11 is 0. The predicted octanol–water partition coefficient (Wildman–Crippen LogP) is 2.08. The largest absolute Gasteiger partial charge is 0.417 e. The number of aryl methyl sites for hydroxylation is 2. The van der Waals surface area contributed by atoms with Crippen LogP contribution in [0.2, 0.25) is 0 Å². The lowest BCUT2D eigenvalue weighted by Gasteiger charge is -2.39. The number of hydrogen-bond acceptors (Lipinski definition) is 5. The van der Waals surface area contributed by atoms with E-state index in [0.717, 1.165) is 11.4 Å². The molecule has 0 unspecified atom stereocenters. The number of nitrogens with zero attached hydrogens (tertiary/aromatic N) is 5. The molecule has 3 heterocycles. The molecule has 24 heavy (non-hydrogen) atoms. The van der Waals surface area contributed by atoms with Crippen LogP contribution in [-0.2, 0) is 7.05 Å². The Balaban J connectivity index is 1.71. The van der Waals surface area contributed by atoms with Crippen LogP contribution in [0.1, 0.15) is 18.7 Å². The van der Waals surface area contributed by atoms with E-state index in [4.69, 9.17) is 0 Å². The molecule has 9 heteroatoms. The van der Waals surface area contributed by atoms with Gasteiger partial charge in [0.15, 0.2) is 11.4 Å². The molecule has 0 aromatic carbocycles. The summed E-state index contributed by atoms with van der Waals surface area (Å²) in [5.74, 6) is 1.91. The Labute approximate surface area is 136 Å². The fourth-order valence-corrected chi connectivity index (χ4v) is 2.68. The van der Waals surface area contributed by atoms with Crippen molar-refractivity contribution in [2.24, 2.45) is 7.05 Å². The summed E-state index contributed by atoms with van der Waals surface area (Å²) in [6.07, 6.45) is -3.71. The van der Waals surface area contributed by atoms with Crippen molar-refractivity contribution in [3.8, 4) is 11.4 Å². The highest BCUT2D eigenvalue weighted by molar-refractivity contribution is 5.56. The average Bonchev–Trinajstić information content (AvgIpc) is 2.87. The van der Waals surface area contributed by atoms with Gasteiger partial charge in [0.2, 0.25) is 0 Å². The monoisotopic (exact) mass is 341 g/mol. The van der Waals surface area contributed by atoms with Crippen LogP contribution in [-0.4, -0.2) is 49.7 Å². The zero-order valence-electron chi connectivity index (χ0n) is 13.4. The van der Waals surface area contributed by atoms with Crippen LogP contribution in [0, 0.1) is 6.92 Å². The van der Waals surface area contributed by atoms with E-state index in [0.29, 0.717) is 11.6 Å². The van der Waals surface area contributed by atoms with E-state index in [9.17, 15) is 18.3 Å². The first kappa shape index (κ1) is 16.7. The number of aromatic nitrogens is 4. The molecule has 1 aliphatic heterocycles. The number of halogens is 3. The third-order valence-electron chi connectivity index (χ3n) is 4.43. The molecule has 0 spiro atoms. The summed E-state index contributed by atoms with van der Waals surface area (Å²) in [5.41, 5.74) is -1.86. The summed E-state index contributed by atoms with van der Waals surface area (Å²) < 4.78 is 40.1. The normalized spacial score (nSPS) is 18.0. The number of rotatable bonds is 2. The lowest BCUT2D eigenvalue weighted by Crippen LogP contribution is -2.53. The van der Waals surface area contributed by atoms with Gasteiger partial charge in [0.05, 0.1) is 0 Å². The molecule has 6 nitrogen and oxygen atoms in total. The Kier molecular flexibility index (Phi) is 3.98. The number of piperidine rings is 1. The molecule has 3 rings (SSSR count). The minimum Gasteiger partial charge on any atom is -0.380 e. The Morgan fingerprint density at radius 3 is 2.33 bits per heavy atom. The average molecular weight is 341 g/mol. The molecule has 1 fully saturated rings. The first-order chi connectivity index (χ1) is 11.2. The van der Waals surface area contributed by atoms with Crippen molar-refractivity contribution in [1.29, 1.82) is 0 Å². The molecule has 130 valence electrons. The molecule has 2 aromatic rings. The number of aliphatic hydroxyl groups is 1. The molecule has 0 saturated carbocycles. The molecule has 1 saturated heterocycles. The van der Waals surface area contributed by atoms with Gasteiger partial charge in [-0.1, -0.05) is 0 Å². The Hall–Kier alpha value is -2.16. The van der Waals surface area contributed by atoms with E-state index in [-0.39, 0.29) is 25.9 Å². The standard InChI is InChI=1S/C15H18F3N5O/c1-10-20-13(21-22(10)2)11-3-4-12(19-9-11)23-7-5-14(24,6-8-23)15(16,17)18/h3-4,9,24H,5-8H2,1-2H3. The van der Waals surface area contributed by atoms with Crippen LogP contribution < -0.4 is 4.90 Å². The topological polar surface area (TPSA) is 67.1 Å². The highest BCUT2D eigenvalue weighted by Crippen LogP contribution is 2.39. The van der Waals surface area contributed by atoms with Gasteiger partial charge in [0.25, 0.3) is 0 Å². The molecule has 0 amide bonds. The number of anilines is 1. The molecule has 0 bridgehead atoms. The third-order valence-corrected chi connectivity index (χ3v) is 4.43. The minimum absolute atomic E-state index is 0.100. The lowest BCUT2D eigenvalue weighted by molar-refractivity contribution is -0.266. The summed E-state index contributed by atoms with van der Waals surface area (Å²) in [6, 6.07) is 3.53. The molecule has 1 aliphatic rings. The Bertz CT molecular complexity index is 698. The highest BCUT2D eigenvalue weighted by Gasteiger charge is 2.54. The van der Waals surface area contributed by atoms with Crippen molar-refractivity contribution in [3.05, 3.63) is 24.2 Å². The smallest absolute Gasteiger partial charge is 0.380 e. The van der Waals surface area contributed by atoms with Crippen LogP contribution in [0.15, 0.2) is 18.3 Å². The summed E-state index contributed by atoms with van der Waals surface area (Å²) in [7, 11) is 1.79. The maximum Gasteiger partial charge on any atom is 0.417 e. The van der Waals surface area contributed by atoms with Crippen LogP contribution >= 0.6 is 0 Å². The van der Waals surface area contributed by atoms with E-state index in [1.54, 1.807) is 35.0 Å². The van der Waals surface area contributed by atoms with Gasteiger partial charge in [-0.15, -0.1) is 0 Å². The van der Waals surface area contributed by atoms with E-state index in [2.05, 4.69) is 15.1 Å². The van der Waals surface area contributed by atoms with E-state index >= 15 is 0 Å². The van der Waals surface area contributed by atoms with Crippen LogP contribution in [0.4, 0.5) is 19.0 Å². The van der Waals surface area contributed by atoms with Crippen molar-refractivity contribution >= 4 is 5.82 Å². The zero-order valence-corrected chi connectivity index (χ0v) is 13.4. The Morgan fingerprint density at radius 2 is 1.88 bits per heavy atom. The highest BCUT2D eigenvalue weighted by atomic mass is 19.4. The van der Waals surface area contributed by atoms with Gasteiger partial charge in [-0.25, -0.2) is 9.97 Å². The number of alkyl halides is 3. The first-order valence-electron chi connectivity index (χ1n) is 7.58. The van der Waals surface area contributed by atoms with E-state index < -0.39 is 11.8 Å². The second-order valence-corrected chi connectivity index (χ2v) is 6.03. The molecule has 0 atom stereocenters. The zero-order chi connectivity index (χ0) is 17.5. The van der Waals surface area contributed by atoms with Gasteiger partial charge in [0, 0.05) is 44.7 Å². The molecule has 2 aromatic heterocycles. The van der Waals surface area contributed by atoms with Crippen LogP contribution in [0.5, 0.6) is 0 Å². The first-order valence-corrected chi connectivity index (χ1v) is 7.58. The maximum atomic E-state index is 12.8. The molecule has 0 radical (unpaired) electrons. The van der Waals surface area contributed by atoms with E-state index in [1.807, 2.05) is 6.92 Å². The van der Waals surface area contributed by atoms with Gasteiger partial charge in [-0.3, -0.25) is 4.68 Å². The van der Waals surface area contributed by atoms with Crippen molar-refractivity contribution in [2.75, 3.05) is 18.0 Å². The minimum atomic E-state index is -4.60. The number of hydrogen-bond donors (Lipinski definition) is 1. The van der Waals surface area contributed by atoms with Crippen LogP contribution in [0.25, 0.3) is 11.4 Å². The summed E-state index contributed by atoms with van der Waals surface area (Å²) in [6.45, 7) is 2.04. The third kappa shape index (κ3) is 2.95. The van der Waals surface area contributed by atoms with Gasteiger partial charge in [0.1, 0.15) is 11.6 Å². The molecule has 1 N–H and O–H groups in total. The second kappa shape index (κ2) is 5.73. The van der Waals surface area contributed by atoms with Crippen LogP contribution in [0.3, 0.4) is 0 Å². The van der Waals surface area contributed by atoms with E-state index in [1.165, 1.54) is 0 Å². The number of pyridine rings is 1. The lowest BCUT2D eigenvalue weighted by atomic mass is 9.91. The van der Waals surface area contributed by atoms with Crippen molar-refractivity contribution < 1.29 is 18.3 Å². The quantitative estimate of drug-likeness (QED) is 0.906. The molecular weight excluding hydrogens is 323 g/mol. The van der Waals surface area contributed by atoms with Gasteiger partial charge < -0.3 is 10.0 Å². The maximum absolute atomic E-state index is 12.8.